The van der Waals surface area contributed by atoms with Crippen molar-refractivity contribution in [3.63, 3.8) is 0 Å². The second-order valence-electron chi connectivity index (χ2n) is 2.88. The minimum absolute atomic E-state index is 0.00931. The fraction of sp³-hybridized carbons (Fsp3) is 0.300. The summed E-state index contributed by atoms with van der Waals surface area (Å²) in [6, 6.07) is 0.631. The first kappa shape index (κ1) is 11.6. The van der Waals surface area contributed by atoms with E-state index in [0.29, 0.717) is 6.07 Å². The van der Waals surface area contributed by atoms with Crippen LogP contribution in [0, 0.1) is 24.4 Å². The summed E-state index contributed by atoms with van der Waals surface area (Å²) in [5.41, 5.74) is -1.18. The maximum atomic E-state index is 13.2. The molecule has 0 saturated carbocycles. The molecule has 0 amide bonds. The van der Waals surface area contributed by atoms with E-state index in [1.165, 1.54) is 6.92 Å². The van der Waals surface area contributed by atoms with Gasteiger partial charge in [-0.15, -0.1) is 0 Å². The first-order chi connectivity index (χ1) is 6.99. The zero-order valence-corrected chi connectivity index (χ0v) is 8.23. The van der Waals surface area contributed by atoms with Gasteiger partial charge in [-0.2, -0.15) is 0 Å². The maximum absolute atomic E-state index is 13.2. The Balaban J connectivity index is 3.26. The normalized spacial score (nSPS) is 10.2. The zero-order chi connectivity index (χ0) is 11.6. The monoisotopic (exact) mass is 218 g/mol. The summed E-state index contributed by atoms with van der Waals surface area (Å²) < 4.78 is 43.7. The quantitative estimate of drug-likeness (QED) is 0.563. The molecule has 0 spiro atoms. The van der Waals surface area contributed by atoms with Gasteiger partial charge in [0.15, 0.2) is 11.6 Å². The van der Waals surface area contributed by atoms with Crippen LogP contribution >= 0.6 is 0 Å². The lowest BCUT2D eigenvalue weighted by Gasteiger charge is -2.06. The molecule has 0 atom stereocenters. The Labute approximate surface area is 84.7 Å². The van der Waals surface area contributed by atoms with Gasteiger partial charge in [0.1, 0.15) is 11.4 Å². The predicted molar refractivity (Wildman–Crippen MR) is 47.0 cm³/mol. The van der Waals surface area contributed by atoms with Crippen LogP contribution in [0.15, 0.2) is 6.07 Å². The summed E-state index contributed by atoms with van der Waals surface area (Å²) >= 11 is 0. The molecule has 1 rings (SSSR count). The molecular formula is C10H9F3O2. The standard InChI is InChI=1S/C10H9F3O2/c1-3-15-10(14)6-4-7(11)5(2)8(12)9(6)13/h4H,3H2,1-2H3. The minimum atomic E-state index is -1.38. The highest BCUT2D eigenvalue weighted by molar-refractivity contribution is 5.89. The highest BCUT2D eigenvalue weighted by Gasteiger charge is 2.21. The number of carbonyl (C=O) groups excluding carboxylic acids is 1. The Kier molecular flexibility index (Phi) is 3.34. The molecule has 0 N–H and O–H groups in total. The van der Waals surface area contributed by atoms with Crippen molar-refractivity contribution in [3.05, 3.63) is 34.6 Å². The number of rotatable bonds is 2. The summed E-state index contributed by atoms with van der Waals surface area (Å²) in [5.74, 6) is -4.80. The van der Waals surface area contributed by atoms with E-state index in [1.54, 1.807) is 0 Å². The summed E-state index contributed by atoms with van der Waals surface area (Å²) in [7, 11) is 0. The van der Waals surface area contributed by atoms with E-state index in [2.05, 4.69) is 4.74 Å². The predicted octanol–water partition coefficient (Wildman–Crippen LogP) is 2.59. The number of hydrogen-bond donors (Lipinski definition) is 0. The van der Waals surface area contributed by atoms with Crippen LogP contribution in [-0.2, 0) is 4.74 Å². The van der Waals surface area contributed by atoms with E-state index in [9.17, 15) is 18.0 Å². The fourth-order valence-corrected chi connectivity index (χ4v) is 1.04. The molecule has 0 aliphatic carbocycles. The topological polar surface area (TPSA) is 26.3 Å². The van der Waals surface area contributed by atoms with Crippen LogP contribution < -0.4 is 0 Å². The number of hydrogen-bond acceptors (Lipinski definition) is 2. The summed E-state index contributed by atoms with van der Waals surface area (Å²) in [4.78, 5) is 11.1. The molecule has 5 heteroatoms. The second kappa shape index (κ2) is 4.33. The number of carbonyl (C=O) groups is 1. The Bertz CT molecular complexity index is 402. The molecule has 0 aliphatic heterocycles. The molecule has 0 aromatic heterocycles. The zero-order valence-electron chi connectivity index (χ0n) is 8.23. The molecule has 0 aliphatic rings. The van der Waals surface area contributed by atoms with Crippen molar-refractivity contribution in [1.82, 2.24) is 0 Å². The van der Waals surface area contributed by atoms with Crippen molar-refractivity contribution in [2.75, 3.05) is 6.61 Å². The molecule has 0 saturated heterocycles. The number of benzene rings is 1. The second-order valence-corrected chi connectivity index (χ2v) is 2.88. The van der Waals surface area contributed by atoms with E-state index < -0.39 is 34.5 Å². The molecule has 1 aromatic rings. The largest absolute Gasteiger partial charge is 0.462 e. The van der Waals surface area contributed by atoms with Gasteiger partial charge in [-0.25, -0.2) is 18.0 Å². The van der Waals surface area contributed by atoms with E-state index in [4.69, 9.17) is 0 Å². The molecule has 0 radical (unpaired) electrons. The van der Waals surface area contributed by atoms with Gasteiger partial charge in [0.25, 0.3) is 0 Å². The van der Waals surface area contributed by atoms with Crippen molar-refractivity contribution >= 4 is 5.97 Å². The van der Waals surface area contributed by atoms with E-state index in [0.717, 1.165) is 6.92 Å². The molecule has 2 nitrogen and oxygen atoms in total. The van der Waals surface area contributed by atoms with Crippen LogP contribution in [0.3, 0.4) is 0 Å². The van der Waals surface area contributed by atoms with Crippen LogP contribution in [0.5, 0.6) is 0 Å². The van der Waals surface area contributed by atoms with E-state index in [-0.39, 0.29) is 6.61 Å². The lowest BCUT2D eigenvalue weighted by molar-refractivity contribution is 0.0519. The van der Waals surface area contributed by atoms with Gasteiger partial charge in [-0.3, -0.25) is 0 Å². The average molecular weight is 218 g/mol. The number of halogens is 3. The van der Waals surface area contributed by atoms with Crippen LogP contribution in [0.25, 0.3) is 0 Å². The SMILES string of the molecule is CCOC(=O)c1cc(F)c(C)c(F)c1F. The first-order valence-corrected chi connectivity index (χ1v) is 4.30. The van der Waals surface area contributed by atoms with Crippen molar-refractivity contribution in [2.45, 2.75) is 13.8 Å². The molecule has 0 bridgehead atoms. The van der Waals surface area contributed by atoms with Crippen LogP contribution in [-0.4, -0.2) is 12.6 Å². The summed E-state index contributed by atoms with van der Waals surface area (Å²) in [5, 5.41) is 0. The lowest BCUT2D eigenvalue weighted by atomic mass is 10.1. The molecule has 0 heterocycles. The Morgan fingerprint density at radius 3 is 2.47 bits per heavy atom. The van der Waals surface area contributed by atoms with Gasteiger partial charge in [-0.1, -0.05) is 0 Å². The lowest BCUT2D eigenvalue weighted by Crippen LogP contribution is -2.10. The Morgan fingerprint density at radius 2 is 1.93 bits per heavy atom. The minimum Gasteiger partial charge on any atom is -0.462 e. The van der Waals surface area contributed by atoms with Gasteiger partial charge in [0, 0.05) is 5.56 Å². The molecule has 1 aromatic carbocycles. The molecule has 82 valence electrons. The van der Waals surface area contributed by atoms with E-state index >= 15 is 0 Å². The first-order valence-electron chi connectivity index (χ1n) is 4.30. The van der Waals surface area contributed by atoms with Gasteiger partial charge in [0.2, 0.25) is 0 Å². The van der Waals surface area contributed by atoms with E-state index in [1.807, 2.05) is 0 Å². The van der Waals surface area contributed by atoms with Crippen molar-refractivity contribution in [2.24, 2.45) is 0 Å². The summed E-state index contributed by atoms with van der Waals surface area (Å²) in [6.45, 7) is 2.61. The highest BCUT2D eigenvalue weighted by atomic mass is 19.2. The van der Waals surface area contributed by atoms with Crippen molar-refractivity contribution < 1.29 is 22.7 Å². The maximum Gasteiger partial charge on any atom is 0.341 e. The van der Waals surface area contributed by atoms with Crippen LogP contribution in [0.2, 0.25) is 0 Å². The van der Waals surface area contributed by atoms with Gasteiger partial charge >= 0.3 is 5.97 Å². The smallest absolute Gasteiger partial charge is 0.341 e. The molecule has 15 heavy (non-hydrogen) atoms. The number of ether oxygens (including phenoxy) is 1. The molecule has 0 fully saturated rings. The van der Waals surface area contributed by atoms with Crippen LogP contribution in [0.4, 0.5) is 13.2 Å². The average Bonchev–Trinajstić information content (AvgIpc) is 2.20. The number of esters is 1. The van der Waals surface area contributed by atoms with Crippen molar-refractivity contribution in [1.29, 1.82) is 0 Å². The van der Waals surface area contributed by atoms with Gasteiger partial charge in [-0.05, 0) is 19.9 Å². The van der Waals surface area contributed by atoms with Crippen molar-refractivity contribution in [3.8, 4) is 0 Å². The fourth-order valence-electron chi connectivity index (χ4n) is 1.04. The highest BCUT2D eigenvalue weighted by Crippen LogP contribution is 2.19. The molecule has 0 unspecified atom stereocenters. The summed E-state index contributed by atoms with van der Waals surface area (Å²) in [6.07, 6.45) is 0. The third-order valence-corrected chi connectivity index (χ3v) is 1.88. The van der Waals surface area contributed by atoms with Crippen LogP contribution in [0.1, 0.15) is 22.8 Å². The Morgan fingerprint density at radius 1 is 1.33 bits per heavy atom. The Hall–Kier alpha value is -1.52. The third-order valence-electron chi connectivity index (χ3n) is 1.88. The third kappa shape index (κ3) is 2.11. The molecular weight excluding hydrogens is 209 g/mol. The van der Waals surface area contributed by atoms with Gasteiger partial charge in [0.05, 0.1) is 6.61 Å². The van der Waals surface area contributed by atoms with Gasteiger partial charge < -0.3 is 4.74 Å².